The number of hydrogen-bond acceptors (Lipinski definition) is 4. The number of carbonyl (C=O) groups excluding carboxylic acids is 1. The lowest BCUT2D eigenvalue weighted by atomic mass is 9.54. The number of aromatic nitrogens is 3. The third-order valence-electron chi connectivity index (χ3n) is 9.08. The number of phenols is 1. The molecule has 5 heteroatoms. The molecule has 0 unspecified atom stereocenters. The van der Waals surface area contributed by atoms with Crippen LogP contribution in [0.3, 0.4) is 0 Å². The number of phenolic OH excluding ortho intramolecular Hbond substituents is 1. The van der Waals surface area contributed by atoms with Crippen LogP contribution in [0.5, 0.6) is 5.75 Å². The van der Waals surface area contributed by atoms with Crippen LogP contribution < -0.4 is 0 Å². The van der Waals surface area contributed by atoms with Crippen molar-refractivity contribution in [2.24, 2.45) is 29.1 Å². The van der Waals surface area contributed by atoms with Gasteiger partial charge >= 0.3 is 0 Å². The zero-order chi connectivity index (χ0) is 23.2. The third kappa shape index (κ3) is 4.24. The zero-order valence-electron chi connectivity index (χ0n) is 20.5. The Hall–Kier alpha value is -2.17. The van der Waals surface area contributed by atoms with Crippen LogP contribution in [0.1, 0.15) is 88.5 Å². The predicted octanol–water partition coefficient (Wildman–Crippen LogP) is 5.70. The molecular formula is C28H39N3O2. The number of ketones is 1. The van der Waals surface area contributed by atoms with Crippen LogP contribution in [0.4, 0.5) is 0 Å². The Morgan fingerprint density at radius 2 is 2.12 bits per heavy atom. The smallest absolute Gasteiger partial charge is 0.139 e. The summed E-state index contributed by atoms with van der Waals surface area (Å²) in [5, 5.41) is 18.6. The lowest BCUT2D eigenvalue weighted by molar-refractivity contribution is -0.129. The highest BCUT2D eigenvalue weighted by atomic mass is 16.3. The fourth-order valence-corrected chi connectivity index (χ4v) is 7.41. The molecule has 0 spiro atoms. The molecule has 33 heavy (non-hydrogen) atoms. The van der Waals surface area contributed by atoms with Crippen LogP contribution in [-0.2, 0) is 24.2 Å². The van der Waals surface area contributed by atoms with Gasteiger partial charge in [-0.3, -0.25) is 9.48 Å². The molecule has 0 saturated heterocycles. The number of Topliss-reactive ketones (excluding diaryl/α,β-unsaturated/α-hetero) is 1. The maximum atomic E-state index is 13.2. The van der Waals surface area contributed by atoms with E-state index < -0.39 is 0 Å². The summed E-state index contributed by atoms with van der Waals surface area (Å²) in [5.41, 5.74) is 3.70. The molecule has 1 aromatic heterocycles. The van der Waals surface area contributed by atoms with E-state index in [4.69, 9.17) is 0 Å². The number of carbonyl (C=O) groups is 1. The lowest BCUT2D eigenvalue weighted by Gasteiger charge is -2.50. The molecule has 0 amide bonds. The first-order valence-corrected chi connectivity index (χ1v) is 13.1. The standard InChI is InChI=1S/C28H39N3O2/c1-18(2)6-8-21-17-31(30-29-21)14-4-5-20-16-26(33)28(3)13-12-24-23-11-9-22(32)15-19(23)7-10-25(24)27(20)28/h9,11,15,17-18,20,24-25,27,32H,4-8,10,12-14,16H2,1-3H3/t20-,24+,25+,27-,28+/m0/s1. The van der Waals surface area contributed by atoms with Gasteiger partial charge in [-0.15, -0.1) is 5.10 Å². The normalized spacial score (nSPS) is 30.8. The summed E-state index contributed by atoms with van der Waals surface area (Å²) in [6.45, 7) is 7.64. The fraction of sp³-hybridized carbons (Fsp3) is 0.679. The van der Waals surface area contributed by atoms with E-state index in [-0.39, 0.29) is 5.41 Å². The van der Waals surface area contributed by atoms with Crippen molar-refractivity contribution >= 4 is 5.78 Å². The molecule has 2 aromatic rings. The highest BCUT2D eigenvalue weighted by molar-refractivity contribution is 5.87. The van der Waals surface area contributed by atoms with E-state index in [9.17, 15) is 9.90 Å². The molecule has 2 saturated carbocycles. The average molecular weight is 450 g/mol. The topological polar surface area (TPSA) is 68.0 Å². The Bertz CT molecular complexity index is 1010. The van der Waals surface area contributed by atoms with Gasteiger partial charge in [0.2, 0.25) is 0 Å². The number of hydrogen-bond donors (Lipinski definition) is 1. The summed E-state index contributed by atoms with van der Waals surface area (Å²) < 4.78 is 2.00. The maximum absolute atomic E-state index is 13.2. The van der Waals surface area contributed by atoms with Crippen molar-refractivity contribution in [3.8, 4) is 5.75 Å². The summed E-state index contributed by atoms with van der Waals surface area (Å²) in [6.07, 6.45) is 11.4. The molecule has 0 radical (unpaired) electrons. The summed E-state index contributed by atoms with van der Waals surface area (Å²) in [5.74, 6) is 3.67. The monoisotopic (exact) mass is 449 g/mol. The van der Waals surface area contributed by atoms with Gasteiger partial charge in [-0.25, -0.2) is 0 Å². The van der Waals surface area contributed by atoms with Crippen LogP contribution in [0.2, 0.25) is 0 Å². The maximum Gasteiger partial charge on any atom is 0.139 e. The number of nitrogens with zero attached hydrogens (tertiary/aromatic N) is 3. The second-order valence-corrected chi connectivity index (χ2v) is 11.6. The summed E-state index contributed by atoms with van der Waals surface area (Å²) in [7, 11) is 0. The average Bonchev–Trinajstić information content (AvgIpc) is 3.34. The second-order valence-electron chi connectivity index (χ2n) is 11.6. The van der Waals surface area contributed by atoms with Gasteiger partial charge in [-0.1, -0.05) is 32.1 Å². The van der Waals surface area contributed by atoms with Gasteiger partial charge in [-0.05, 0) is 104 Å². The first kappa shape index (κ1) is 22.6. The highest BCUT2D eigenvalue weighted by Gasteiger charge is 2.58. The van der Waals surface area contributed by atoms with Crippen molar-refractivity contribution in [1.82, 2.24) is 15.0 Å². The zero-order valence-corrected chi connectivity index (χ0v) is 20.5. The molecule has 0 bridgehead atoms. The van der Waals surface area contributed by atoms with Gasteiger partial charge in [0.05, 0.1) is 5.69 Å². The second kappa shape index (κ2) is 8.88. The van der Waals surface area contributed by atoms with E-state index in [1.165, 1.54) is 11.1 Å². The van der Waals surface area contributed by atoms with Crippen LogP contribution in [0, 0.1) is 29.1 Å². The van der Waals surface area contributed by atoms with Crippen molar-refractivity contribution in [3.63, 3.8) is 0 Å². The van der Waals surface area contributed by atoms with Crippen molar-refractivity contribution in [1.29, 1.82) is 0 Å². The SMILES string of the molecule is CC(C)CCc1cn(CCC[C@H]2CC(=O)[C@@]3(C)CC[C@@H]4c5ccc(O)cc5CC[C@H]4[C@H]23)nn1. The molecule has 5 nitrogen and oxygen atoms in total. The largest absolute Gasteiger partial charge is 0.508 e. The Balaban J connectivity index is 1.26. The van der Waals surface area contributed by atoms with E-state index in [0.717, 1.165) is 70.0 Å². The minimum atomic E-state index is -0.141. The van der Waals surface area contributed by atoms with E-state index >= 15 is 0 Å². The highest BCUT2D eigenvalue weighted by Crippen LogP contribution is 2.62. The number of aryl methyl sites for hydroxylation is 3. The van der Waals surface area contributed by atoms with E-state index in [2.05, 4.69) is 43.3 Å². The number of benzene rings is 1. The van der Waals surface area contributed by atoms with Crippen molar-refractivity contribution in [2.75, 3.05) is 0 Å². The van der Waals surface area contributed by atoms with Gasteiger partial charge in [0.25, 0.3) is 0 Å². The Morgan fingerprint density at radius 3 is 2.94 bits per heavy atom. The third-order valence-corrected chi connectivity index (χ3v) is 9.08. The van der Waals surface area contributed by atoms with Crippen molar-refractivity contribution in [3.05, 3.63) is 41.2 Å². The molecule has 0 aliphatic heterocycles. The lowest BCUT2D eigenvalue weighted by Crippen LogP contribution is -2.44. The van der Waals surface area contributed by atoms with E-state index in [1.54, 1.807) is 0 Å². The summed E-state index contributed by atoms with van der Waals surface area (Å²) >= 11 is 0. The molecular weight excluding hydrogens is 410 g/mol. The minimum absolute atomic E-state index is 0.141. The predicted molar refractivity (Wildman–Crippen MR) is 129 cm³/mol. The van der Waals surface area contributed by atoms with Crippen molar-refractivity contribution < 1.29 is 9.90 Å². The van der Waals surface area contributed by atoms with E-state index in [0.29, 0.717) is 41.1 Å². The van der Waals surface area contributed by atoms with Gasteiger partial charge in [0, 0.05) is 24.6 Å². The number of fused-ring (bicyclic) bond motifs is 5. The molecule has 3 aliphatic carbocycles. The molecule has 1 heterocycles. The van der Waals surface area contributed by atoms with Gasteiger partial charge in [0.15, 0.2) is 0 Å². The van der Waals surface area contributed by atoms with Crippen LogP contribution in [-0.4, -0.2) is 25.9 Å². The Labute approximate surface area is 198 Å². The summed E-state index contributed by atoms with van der Waals surface area (Å²) in [6, 6.07) is 5.96. The quantitative estimate of drug-likeness (QED) is 0.588. The van der Waals surface area contributed by atoms with Gasteiger partial charge in [0.1, 0.15) is 11.5 Å². The van der Waals surface area contributed by atoms with Gasteiger partial charge in [-0.2, -0.15) is 0 Å². The van der Waals surface area contributed by atoms with Crippen molar-refractivity contribution in [2.45, 2.75) is 91.0 Å². The van der Waals surface area contributed by atoms with Crippen LogP contribution in [0.25, 0.3) is 0 Å². The molecule has 5 atom stereocenters. The molecule has 1 N–H and O–H groups in total. The van der Waals surface area contributed by atoms with Gasteiger partial charge < -0.3 is 5.11 Å². The Kier molecular flexibility index (Phi) is 6.09. The first-order valence-electron chi connectivity index (χ1n) is 13.1. The molecule has 1 aromatic carbocycles. The Morgan fingerprint density at radius 1 is 1.27 bits per heavy atom. The minimum Gasteiger partial charge on any atom is -0.508 e. The van der Waals surface area contributed by atoms with Crippen LogP contribution >= 0.6 is 0 Å². The molecule has 3 aliphatic rings. The fourth-order valence-electron chi connectivity index (χ4n) is 7.41. The number of rotatable bonds is 7. The molecule has 5 rings (SSSR count). The number of aromatic hydroxyl groups is 1. The van der Waals surface area contributed by atoms with E-state index in [1.807, 2.05) is 16.8 Å². The summed E-state index contributed by atoms with van der Waals surface area (Å²) in [4.78, 5) is 13.2. The molecule has 178 valence electrons. The molecule has 2 fully saturated rings. The van der Waals surface area contributed by atoms with Crippen LogP contribution in [0.15, 0.2) is 24.4 Å². The first-order chi connectivity index (χ1) is 15.8.